The topological polar surface area (TPSA) is 51.7 Å². The van der Waals surface area contributed by atoms with Crippen LogP contribution in [0.5, 0.6) is 0 Å². The van der Waals surface area contributed by atoms with Gasteiger partial charge in [0.15, 0.2) is 0 Å². The van der Waals surface area contributed by atoms with Crippen molar-refractivity contribution < 1.29 is 14.3 Å². The van der Waals surface area contributed by atoms with Crippen molar-refractivity contribution >= 4 is 28.6 Å². The Kier molecular flexibility index (Phi) is 8.02. The average molecular weight is 465 g/mol. The molecular weight excluding hydrogens is 432 g/mol. The Hall–Kier alpha value is -2.41. The summed E-state index contributed by atoms with van der Waals surface area (Å²) in [6.07, 6.45) is 4.25. The normalized spacial score (nSPS) is 15.8. The molecule has 1 amide bonds. The molecule has 0 spiro atoms. The molecule has 1 aromatic heterocycles. The van der Waals surface area contributed by atoms with Crippen LogP contribution in [-0.2, 0) is 20.8 Å². The van der Waals surface area contributed by atoms with E-state index in [9.17, 15) is 4.79 Å². The van der Waals surface area contributed by atoms with Crippen molar-refractivity contribution in [1.82, 2.24) is 9.88 Å². The Morgan fingerprint density at radius 3 is 2.85 bits per heavy atom. The van der Waals surface area contributed by atoms with Crippen LogP contribution in [0.4, 0.5) is 0 Å². The molecular formula is C27H32N2O3S. The van der Waals surface area contributed by atoms with Crippen molar-refractivity contribution in [3.05, 3.63) is 59.7 Å². The number of benzene rings is 2. The number of ether oxygens (including phenoxy) is 2. The molecule has 1 saturated heterocycles. The van der Waals surface area contributed by atoms with E-state index in [1.165, 1.54) is 10.5 Å². The van der Waals surface area contributed by atoms with Crippen molar-refractivity contribution in [2.45, 2.75) is 43.7 Å². The lowest BCUT2D eigenvalue weighted by atomic mass is 10.0. The van der Waals surface area contributed by atoms with E-state index in [4.69, 9.17) is 14.5 Å². The van der Waals surface area contributed by atoms with Crippen LogP contribution < -0.4 is 0 Å². The van der Waals surface area contributed by atoms with Crippen LogP contribution in [0.3, 0.4) is 0 Å². The average Bonchev–Trinajstić information content (AvgIpc) is 3.37. The Labute approximate surface area is 200 Å². The molecule has 0 radical (unpaired) electrons. The first-order valence-electron chi connectivity index (χ1n) is 11.5. The lowest BCUT2D eigenvalue weighted by Crippen LogP contribution is -2.39. The van der Waals surface area contributed by atoms with Crippen LogP contribution in [0.1, 0.15) is 30.4 Å². The number of carbonyl (C=O) groups excluding carboxylic acids is 1. The van der Waals surface area contributed by atoms with E-state index in [-0.39, 0.29) is 12.0 Å². The van der Waals surface area contributed by atoms with Gasteiger partial charge in [0.2, 0.25) is 0 Å². The third-order valence-corrected chi connectivity index (χ3v) is 6.78. The number of aromatic nitrogens is 1. The Bertz CT molecular complexity index is 1110. The van der Waals surface area contributed by atoms with Gasteiger partial charge in [0, 0.05) is 49.3 Å². The summed E-state index contributed by atoms with van der Waals surface area (Å²) in [7, 11) is 1.69. The molecule has 0 aliphatic carbocycles. The highest BCUT2D eigenvalue weighted by Crippen LogP contribution is 2.30. The van der Waals surface area contributed by atoms with Gasteiger partial charge in [-0.05, 0) is 62.3 Å². The number of hydrogen-bond donors (Lipinski definition) is 0. The molecule has 6 heteroatoms. The van der Waals surface area contributed by atoms with Gasteiger partial charge < -0.3 is 14.4 Å². The van der Waals surface area contributed by atoms with E-state index in [1.54, 1.807) is 18.9 Å². The summed E-state index contributed by atoms with van der Waals surface area (Å²) in [5.74, 6) is 0.0663. The first-order chi connectivity index (χ1) is 16.1. The molecule has 1 aliphatic heterocycles. The minimum Gasteiger partial charge on any atom is -0.385 e. The lowest BCUT2D eigenvalue weighted by molar-refractivity contribution is -0.141. The zero-order chi connectivity index (χ0) is 23.2. The molecule has 2 heterocycles. The maximum absolute atomic E-state index is 13.3. The molecule has 0 saturated carbocycles. The van der Waals surface area contributed by atoms with Crippen LogP contribution in [0.2, 0.25) is 0 Å². The molecule has 33 heavy (non-hydrogen) atoms. The number of rotatable bonds is 9. The molecule has 174 valence electrons. The van der Waals surface area contributed by atoms with Crippen LogP contribution >= 0.6 is 11.8 Å². The maximum Gasteiger partial charge on any atom is 0.252 e. The van der Waals surface area contributed by atoms with Crippen LogP contribution in [0.25, 0.3) is 22.2 Å². The van der Waals surface area contributed by atoms with Gasteiger partial charge in [0.1, 0.15) is 6.10 Å². The fourth-order valence-corrected chi connectivity index (χ4v) is 4.76. The summed E-state index contributed by atoms with van der Waals surface area (Å²) in [5, 5.41) is 1.08. The van der Waals surface area contributed by atoms with E-state index in [2.05, 4.69) is 61.7 Å². The molecule has 4 rings (SSSR count). The van der Waals surface area contributed by atoms with Crippen LogP contribution in [0, 0.1) is 6.92 Å². The molecule has 2 aromatic carbocycles. The van der Waals surface area contributed by atoms with Gasteiger partial charge in [-0.2, -0.15) is 0 Å². The van der Waals surface area contributed by atoms with Crippen molar-refractivity contribution in [1.29, 1.82) is 0 Å². The van der Waals surface area contributed by atoms with Crippen molar-refractivity contribution in [2.24, 2.45) is 0 Å². The fourth-order valence-electron chi connectivity index (χ4n) is 4.33. The number of aryl methyl sites for hydroxylation is 1. The first-order valence-corrected chi connectivity index (χ1v) is 12.8. The van der Waals surface area contributed by atoms with Gasteiger partial charge in [0.05, 0.1) is 11.2 Å². The van der Waals surface area contributed by atoms with Gasteiger partial charge in [-0.15, -0.1) is 11.8 Å². The summed E-state index contributed by atoms with van der Waals surface area (Å²) < 4.78 is 11.0. The molecule has 1 aliphatic rings. The third kappa shape index (κ3) is 5.75. The minimum absolute atomic E-state index is 0.0663. The zero-order valence-electron chi connectivity index (χ0n) is 19.7. The monoisotopic (exact) mass is 464 g/mol. The van der Waals surface area contributed by atoms with Crippen molar-refractivity contribution in [2.75, 3.05) is 33.1 Å². The fraction of sp³-hybridized carbons (Fsp3) is 0.407. The van der Waals surface area contributed by atoms with Crippen LogP contribution in [0.15, 0.2) is 53.4 Å². The third-order valence-electron chi connectivity index (χ3n) is 6.05. The largest absolute Gasteiger partial charge is 0.385 e. The smallest absolute Gasteiger partial charge is 0.252 e. The van der Waals surface area contributed by atoms with E-state index in [0.29, 0.717) is 26.3 Å². The summed E-state index contributed by atoms with van der Waals surface area (Å²) in [6.45, 7) is 4.50. The maximum atomic E-state index is 13.3. The Morgan fingerprint density at radius 2 is 2.12 bits per heavy atom. The molecule has 3 aromatic rings. The molecule has 1 atom stereocenters. The highest BCUT2D eigenvalue weighted by atomic mass is 32.2. The second-order valence-corrected chi connectivity index (χ2v) is 9.41. The summed E-state index contributed by atoms with van der Waals surface area (Å²) in [6, 6.07) is 17.0. The van der Waals surface area contributed by atoms with Crippen molar-refractivity contribution in [3.8, 4) is 11.3 Å². The predicted molar refractivity (Wildman–Crippen MR) is 135 cm³/mol. The summed E-state index contributed by atoms with van der Waals surface area (Å²) >= 11 is 1.71. The molecule has 0 N–H and O–H groups in total. The highest BCUT2D eigenvalue weighted by Gasteiger charge is 2.29. The van der Waals surface area contributed by atoms with Crippen molar-refractivity contribution in [3.63, 3.8) is 0 Å². The quantitative estimate of drug-likeness (QED) is 0.310. The second-order valence-electron chi connectivity index (χ2n) is 8.53. The van der Waals surface area contributed by atoms with Gasteiger partial charge in [0.25, 0.3) is 5.91 Å². The van der Waals surface area contributed by atoms with E-state index in [0.717, 1.165) is 47.0 Å². The summed E-state index contributed by atoms with van der Waals surface area (Å²) in [4.78, 5) is 21.5. The number of nitrogens with zero attached hydrogens (tertiary/aromatic N) is 2. The molecule has 0 bridgehead atoms. The number of pyridine rings is 1. The van der Waals surface area contributed by atoms with Gasteiger partial charge >= 0.3 is 0 Å². The SMILES string of the molecule is COCCCN(Cc1cc2ccc(SC)cc2nc1-c1cccc(C)c1)C(=O)[C@H]1CCCO1. The minimum atomic E-state index is -0.340. The number of methoxy groups -OCH3 is 1. The number of hydrogen-bond acceptors (Lipinski definition) is 5. The standard InChI is InChI=1S/C27H32N2O3S/c1-19-7-4-8-21(15-19)26-22(16-20-10-11-23(33-3)17-24(20)28-26)18-29(12-6-13-31-2)27(30)25-9-5-14-32-25/h4,7-8,10-11,15-17,25H,5-6,9,12-14,18H2,1-3H3/t25-/m1/s1. The Balaban J connectivity index is 1.75. The van der Waals surface area contributed by atoms with E-state index < -0.39 is 0 Å². The summed E-state index contributed by atoms with van der Waals surface area (Å²) in [5.41, 5.74) is 5.21. The highest BCUT2D eigenvalue weighted by molar-refractivity contribution is 7.98. The first kappa shape index (κ1) is 23.7. The van der Waals surface area contributed by atoms with E-state index in [1.807, 2.05) is 4.90 Å². The number of carbonyl (C=O) groups is 1. The second kappa shape index (κ2) is 11.1. The van der Waals surface area contributed by atoms with Gasteiger partial charge in [-0.25, -0.2) is 4.98 Å². The molecule has 0 unspecified atom stereocenters. The number of fused-ring (bicyclic) bond motifs is 1. The van der Waals surface area contributed by atoms with Gasteiger partial charge in [-0.1, -0.05) is 29.8 Å². The Morgan fingerprint density at radius 1 is 1.24 bits per heavy atom. The lowest BCUT2D eigenvalue weighted by Gasteiger charge is -2.26. The number of amides is 1. The zero-order valence-corrected chi connectivity index (χ0v) is 20.5. The van der Waals surface area contributed by atoms with Gasteiger partial charge in [-0.3, -0.25) is 4.79 Å². The number of thioether (sulfide) groups is 1. The molecule has 5 nitrogen and oxygen atoms in total. The molecule has 1 fully saturated rings. The van der Waals surface area contributed by atoms with Crippen LogP contribution in [-0.4, -0.2) is 55.0 Å². The predicted octanol–water partition coefficient (Wildman–Crippen LogP) is 5.48. The van der Waals surface area contributed by atoms with E-state index >= 15 is 0 Å².